The summed E-state index contributed by atoms with van der Waals surface area (Å²) in [6, 6.07) is 4.73. The SMILES string of the molecule is CC(C)C(=O)Nc1ccc2c([C@@H](C(=O)O)N3CCN(c4ncc(Br)cn4)CC3)c[nH]c2c1. The number of fused-ring (bicyclic) bond motifs is 1. The molecule has 0 radical (unpaired) electrons. The van der Waals surface area contributed by atoms with Gasteiger partial charge in [-0.1, -0.05) is 19.9 Å². The molecule has 3 N–H and O–H groups in total. The van der Waals surface area contributed by atoms with Crippen LogP contribution in [0.5, 0.6) is 0 Å². The number of carbonyl (C=O) groups excluding carboxylic acids is 1. The number of hydrogen-bond donors (Lipinski definition) is 3. The van der Waals surface area contributed by atoms with Gasteiger partial charge in [0.2, 0.25) is 11.9 Å². The summed E-state index contributed by atoms with van der Waals surface area (Å²) in [5, 5.41) is 13.8. The van der Waals surface area contributed by atoms with Crippen molar-refractivity contribution in [3.8, 4) is 0 Å². The van der Waals surface area contributed by atoms with Crippen LogP contribution in [-0.4, -0.2) is 63.0 Å². The van der Waals surface area contributed by atoms with Gasteiger partial charge in [-0.3, -0.25) is 14.5 Å². The van der Waals surface area contributed by atoms with Crippen molar-refractivity contribution in [1.82, 2.24) is 19.9 Å². The first-order valence-electron chi connectivity index (χ1n) is 10.4. The molecule has 10 heteroatoms. The minimum absolute atomic E-state index is 0.0628. The van der Waals surface area contributed by atoms with Gasteiger partial charge in [0.1, 0.15) is 6.04 Å². The van der Waals surface area contributed by atoms with Gasteiger partial charge in [-0.05, 0) is 28.1 Å². The van der Waals surface area contributed by atoms with E-state index < -0.39 is 12.0 Å². The van der Waals surface area contributed by atoms with E-state index in [1.54, 1.807) is 18.6 Å². The van der Waals surface area contributed by atoms with E-state index in [4.69, 9.17) is 0 Å². The summed E-state index contributed by atoms with van der Waals surface area (Å²) in [6.45, 7) is 6.09. The number of benzene rings is 1. The molecule has 0 spiro atoms. The molecule has 0 bridgehead atoms. The summed E-state index contributed by atoms with van der Waals surface area (Å²) >= 11 is 3.34. The molecule has 3 aromatic rings. The van der Waals surface area contributed by atoms with Crippen molar-refractivity contribution >= 4 is 50.3 Å². The van der Waals surface area contributed by atoms with Crippen LogP contribution >= 0.6 is 15.9 Å². The Morgan fingerprint density at radius 2 is 1.84 bits per heavy atom. The molecular formula is C22H25BrN6O3. The third-order valence-electron chi connectivity index (χ3n) is 5.60. The molecule has 3 heterocycles. The number of aliphatic carboxylic acids is 1. The Labute approximate surface area is 194 Å². The van der Waals surface area contributed by atoms with Crippen molar-refractivity contribution in [2.24, 2.45) is 5.92 Å². The number of carboxylic acid groups (broad SMARTS) is 1. The van der Waals surface area contributed by atoms with Gasteiger partial charge in [0.25, 0.3) is 0 Å². The third kappa shape index (κ3) is 4.61. The van der Waals surface area contributed by atoms with Gasteiger partial charge in [0, 0.05) is 72.8 Å². The molecule has 0 saturated carbocycles. The quantitative estimate of drug-likeness (QED) is 0.475. The van der Waals surface area contributed by atoms with Crippen LogP contribution in [0, 0.1) is 5.92 Å². The third-order valence-corrected chi connectivity index (χ3v) is 6.01. The number of rotatable bonds is 6. The zero-order valence-corrected chi connectivity index (χ0v) is 19.5. The average Bonchev–Trinajstić information content (AvgIpc) is 3.17. The van der Waals surface area contributed by atoms with Gasteiger partial charge >= 0.3 is 5.97 Å². The van der Waals surface area contributed by atoms with Crippen molar-refractivity contribution in [2.45, 2.75) is 19.9 Å². The molecule has 9 nitrogen and oxygen atoms in total. The second-order valence-corrected chi connectivity index (χ2v) is 9.03. The van der Waals surface area contributed by atoms with Gasteiger partial charge in [-0.15, -0.1) is 0 Å². The highest BCUT2D eigenvalue weighted by molar-refractivity contribution is 9.10. The maximum atomic E-state index is 12.3. The highest BCUT2D eigenvalue weighted by atomic mass is 79.9. The molecule has 2 aromatic heterocycles. The van der Waals surface area contributed by atoms with E-state index in [1.807, 2.05) is 36.9 Å². The van der Waals surface area contributed by atoms with Crippen LogP contribution in [0.2, 0.25) is 0 Å². The molecule has 0 unspecified atom stereocenters. The van der Waals surface area contributed by atoms with Crippen LogP contribution < -0.4 is 10.2 Å². The molecule has 1 amide bonds. The molecule has 1 atom stereocenters. The number of nitrogens with one attached hydrogen (secondary N) is 2. The van der Waals surface area contributed by atoms with Gasteiger partial charge < -0.3 is 20.3 Å². The zero-order valence-electron chi connectivity index (χ0n) is 17.9. The standard InChI is InChI=1S/C22H25BrN6O3/c1-13(2)20(30)27-15-3-4-16-17(12-24-18(16)9-15)19(21(31)32)28-5-7-29(8-6-28)22-25-10-14(23)11-26-22/h3-4,9-13,19,24H,5-8H2,1-2H3,(H,27,30)(H,31,32)/t19-/m0/s1. The topological polar surface area (TPSA) is 114 Å². The van der Waals surface area contributed by atoms with Crippen LogP contribution in [0.4, 0.5) is 11.6 Å². The Balaban J connectivity index is 1.52. The monoisotopic (exact) mass is 500 g/mol. The molecule has 168 valence electrons. The minimum atomic E-state index is -0.892. The van der Waals surface area contributed by atoms with E-state index in [0.717, 1.165) is 15.4 Å². The maximum absolute atomic E-state index is 12.3. The summed E-state index contributed by atoms with van der Waals surface area (Å²) in [6.07, 6.45) is 5.17. The highest BCUT2D eigenvalue weighted by Gasteiger charge is 2.32. The zero-order chi connectivity index (χ0) is 22.8. The highest BCUT2D eigenvalue weighted by Crippen LogP contribution is 2.31. The predicted molar refractivity (Wildman–Crippen MR) is 126 cm³/mol. The molecule has 32 heavy (non-hydrogen) atoms. The van der Waals surface area contributed by atoms with Crippen LogP contribution in [0.25, 0.3) is 10.9 Å². The smallest absolute Gasteiger partial charge is 0.325 e. The Hall–Kier alpha value is -2.98. The Morgan fingerprint density at radius 1 is 1.16 bits per heavy atom. The molecule has 0 aliphatic carbocycles. The van der Waals surface area contributed by atoms with Crippen molar-refractivity contribution in [3.05, 3.63) is 46.8 Å². The van der Waals surface area contributed by atoms with E-state index in [0.29, 0.717) is 43.4 Å². The van der Waals surface area contributed by atoms with Gasteiger partial charge in [0.05, 0.1) is 4.47 Å². The molecule has 1 aliphatic heterocycles. The molecular weight excluding hydrogens is 476 g/mol. The van der Waals surface area contributed by atoms with Crippen LogP contribution in [0.3, 0.4) is 0 Å². The summed E-state index contributed by atoms with van der Waals surface area (Å²) in [7, 11) is 0. The second-order valence-electron chi connectivity index (χ2n) is 8.11. The maximum Gasteiger partial charge on any atom is 0.325 e. The summed E-state index contributed by atoms with van der Waals surface area (Å²) < 4.78 is 0.817. The van der Waals surface area contributed by atoms with E-state index >= 15 is 0 Å². The number of aromatic nitrogens is 3. The number of nitrogens with zero attached hydrogens (tertiary/aromatic N) is 4. The summed E-state index contributed by atoms with van der Waals surface area (Å²) in [5.74, 6) is -0.436. The molecule has 1 aliphatic rings. The Bertz CT molecular complexity index is 1120. The Kier molecular flexibility index (Phi) is 6.43. The Morgan fingerprint density at radius 3 is 2.47 bits per heavy atom. The lowest BCUT2D eigenvalue weighted by Crippen LogP contribution is -2.49. The second kappa shape index (κ2) is 9.25. The predicted octanol–water partition coefficient (Wildman–Crippen LogP) is 3.26. The van der Waals surface area contributed by atoms with E-state index in [-0.39, 0.29) is 11.8 Å². The van der Waals surface area contributed by atoms with Crippen molar-refractivity contribution in [2.75, 3.05) is 36.4 Å². The van der Waals surface area contributed by atoms with E-state index in [2.05, 4.69) is 41.1 Å². The van der Waals surface area contributed by atoms with Crippen molar-refractivity contribution < 1.29 is 14.7 Å². The molecule has 1 saturated heterocycles. The first-order valence-corrected chi connectivity index (χ1v) is 11.2. The van der Waals surface area contributed by atoms with Crippen molar-refractivity contribution in [1.29, 1.82) is 0 Å². The normalized spacial score (nSPS) is 15.8. The van der Waals surface area contributed by atoms with Gasteiger partial charge in [-0.25, -0.2) is 9.97 Å². The first kappa shape index (κ1) is 22.2. The fraction of sp³-hybridized carbons (Fsp3) is 0.364. The number of hydrogen-bond acceptors (Lipinski definition) is 6. The molecule has 4 rings (SSSR count). The number of H-pyrrole nitrogens is 1. The van der Waals surface area contributed by atoms with Crippen LogP contribution in [0.1, 0.15) is 25.5 Å². The van der Waals surface area contributed by atoms with Crippen LogP contribution in [0.15, 0.2) is 41.3 Å². The fourth-order valence-corrected chi connectivity index (χ4v) is 4.08. The number of amides is 1. The lowest BCUT2D eigenvalue weighted by atomic mass is 10.0. The molecule has 1 aromatic carbocycles. The lowest BCUT2D eigenvalue weighted by molar-refractivity contribution is -0.143. The summed E-state index contributed by atoms with van der Waals surface area (Å²) in [4.78, 5) is 40.1. The molecule has 1 fully saturated rings. The number of carboxylic acids is 1. The number of carbonyl (C=O) groups is 2. The van der Waals surface area contributed by atoms with Gasteiger partial charge in [-0.2, -0.15) is 0 Å². The largest absolute Gasteiger partial charge is 0.480 e. The number of aromatic amines is 1. The van der Waals surface area contributed by atoms with E-state index in [1.165, 1.54) is 0 Å². The van der Waals surface area contributed by atoms with Crippen molar-refractivity contribution in [3.63, 3.8) is 0 Å². The minimum Gasteiger partial charge on any atom is -0.480 e. The first-order chi connectivity index (χ1) is 15.3. The van der Waals surface area contributed by atoms with Gasteiger partial charge in [0.15, 0.2) is 0 Å². The number of piperazine rings is 1. The fourth-order valence-electron chi connectivity index (χ4n) is 3.87. The lowest BCUT2D eigenvalue weighted by Gasteiger charge is -2.37. The number of halogens is 1. The number of anilines is 2. The van der Waals surface area contributed by atoms with E-state index in [9.17, 15) is 14.7 Å². The summed E-state index contributed by atoms with van der Waals surface area (Å²) in [5.41, 5.74) is 2.18. The average molecular weight is 501 g/mol. The van der Waals surface area contributed by atoms with Crippen LogP contribution in [-0.2, 0) is 9.59 Å².